The van der Waals surface area contributed by atoms with Gasteiger partial charge in [0.25, 0.3) is 14.1 Å². The molecule has 0 N–H and O–H groups in total. The lowest BCUT2D eigenvalue weighted by molar-refractivity contribution is -0.384. The summed E-state index contributed by atoms with van der Waals surface area (Å²) in [5.74, 6) is 0.800. The molecule has 7 heteroatoms. The molecular formula is C21H17N2O4P. The largest absolute Gasteiger partial charge is 0.439 e. The van der Waals surface area contributed by atoms with Crippen molar-refractivity contribution in [2.45, 2.75) is 5.92 Å². The van der Waals surface area contributed by atoms with E-state index in [0.717, 1.165) is 0 Å². The molecule has 28 heavy (non-hydrogen) atoms. The van der Waals surface area contributed by atoms with Gasteiger partial charge in [-0.1, -0.05) is 48.5 Å². The van der Waals surface area contributed by atoms with Crippen LogP contribution >= 0.6 is 8.38 Å². The molecule has 0 aromatic heterocycles. The van der Waals surface area contributed by atoms with Gasteiger partial charge in [-0.2, -0.15) is 5.26 Å². The van der Waals surface area contributed by atoms with Crippen LogP contribution in [0.3, 0.4) is 0 Å². The van der Waals surface area contributed by atoms with Crippen molar-refractivity contribution < 1.29 is 14.0 Å². The molecule has 0 saturated carbocycles. The van der Waals surface area contributed by atoms with E-state index in [1.807, 2.05) is 60.7 Å². The number of benzene rings is 3. The van der Waals surface area contributed by atoms with Gasteiger partial charge in [-0.15, -0.1) is 0 Å². The summed E-state index contributed by atoms with van der Waals surface area (Å²) in [6.07, 6.45) is 0.327. The second-order valence-corrected chi connectivity index (χ2v) is 7.25. The standard InChI is InChI=1S/C21H17N2O4P/c22-15-18(17-11-13-19(14-12-17)23(24)25)16-28(26-20-7-3-1-4-8-20)27-21-9-5-2-6-10-21/h1-14,18H,16H2. The first-order valence-corrected chi connectivity index (χ1v) is 9.89. The number of nitro groups is 1. The summed E-state index contributed by atoms with van der Waals surface area (Å²) in [6, 6.07) is 26.8. The number of nitrogens with zero attached hydrogens (tertiary/aromatic N) is 2. The van der Waals surface area contributed by atoms with Crippen molar-refractivity contribution in [1.29, 1.82) is 5.26 Å². The van der Waals surface area contributed by atoms with Gasteiger partial charge in [0, 0.05) is 12.1 Å². The van der Waals surface area contributed by atoms with Crippen molar-refractivity contribution in [1.82, 2.24) is 0 Å². The zero-order valence-corrected chi connectivity index (χ0v) is 15.7. The third-order valence-electron chi connectivity index (χ3n) is 3.89. The van der Waals surface area contributed by atoms with E-state index in [4.69, 9.17) is 9.05 Å². The summed E-state index contributed by atoms with van der Waals surface area (Å²) < 4.78 is 12.0. The molecule has 0 aliphatic heterocycles. The lowest BCUT2D eigenvalue weighted by atomic mass is 10.0. The summed E-state index contributed by atoms with van der Waals surface area (Å²) in [7, 11) is -1.46. The Morgan fingerprint density at radius 2 is 1.39 bits per heavy atom. The van der Waals surface area contributed by atoms with Crippen LogP contribution in [-0.2, 0) is 0 Å². The van der Waals surface area contributed by atoms with Gasteiger partial charge < -0.3 is 9.05 Å². The van der Waals surface area contributed by atoms with Crippen molar-refractivity contribution in [2.75, 3.05) is 6.16 Å². The molecule has 0 saturated heterocycles. The Kier molecular flexibility index (Phi) is 6.56. The molecule has 1 atom stereocenters. The van der Waals surface area contributed by atoms with Gasteiger partial charge in [0.05, 0.1) is 23.1 Å². The smallest absolute Gasteiger partial charge is 0.292 e. The fourth-order valence-corrected chi connectivity index (χ4v) is 3.98. The van der Waals surface area contributed by atoms with Crippen LogP contribution in [0.15, 0.2) is 84.9 Å². The van der Waals surface area contributed by atoms with E-state index in [1.54, 1.807) is 12.1 Å². The highest BCUT2D eigenvalue weighted by molar-refractivity contribution is 7.48. The predicted octanol–water partition coefficient (Wildman–Crippen LogP) is 5.67. The van der Waals surface area contributed by atoms with Crippen LogP contribution in [0.5, 0.6) is 11.5 Å². The van der Waals surface area contributed by atoms with E-state index in [0.29, 0.717) is 23.2 Å². The Hall–Kier alpha value is -3.42. The van der Waals surface area contributed by atoms with Crippen LogP contribution in [-0.4, -0.2) is 11.1 Å². The molecule has 0 amide bonds. The fourth-order valence-electron chi connectivity index (χ4n) is 2.49. The quantitative estimate of drug-likeness (QED) is 0.280. The summed E-state index contributed by atoms with van der Waals surface area (Å²) in [5.41, 5.74) is 0.678. The highest BCUT2D eigenvalue weighted by Gasteiger charge is 2.23. The molecule has 1 unspecified atom stereocenters. The van der Waals surface area contributed by atoms with Crippen molar-refractivity contribution >= 4 is 14.1 Å². The molecule has 0 bridgehead atoms. The van der Waals surface area contributed by atoms with Gasteiger partial charge in [-0.3, -0.25) is 10.1 Å². The molecule has 3 aromatic carbocycles. The van der Waals surface area contributed by atoms with E-state index in [9.17, 15) is 15.4 Å². The average molecular weight is 392 g/mol. The number of hydrogen-bond acceptors (Lipinski definition) is 5. The molecule has 140 valence electrons. The van der Waals surface area contributed by atoms with Crippen LogP contribution in [0.1, 0.15) is 11.5 Å². The van der Waals surface area contributed by atoms with E-state index < -0.39 is 19.2 Å². The summed E-state index contributed by atoms with van der Waals surface area (Å²) in [4.78, 5) is 10.4. The summed E-state index contributed by atoms with van der Waals surface area (Å²) in [6.45, 7) is 0. The number of nitriles is 1. The van der Waals surface area contributed by atoms with Crippen LogP contribution in [0.4, 0.5) is 5.69 Å². The molecule has 3 aromatic rings. The molecule has 0 heterocycles. The molecular weight excluding hydrogens is 375 g/mol. The van der Waals surface area contributed by atoms with Gasteiger partial charge in [-0.05, 0) is 29.8 Å². The van der Waals surface area contributed by atoms with E-state index in [2.05, 4.69) is 6.07 Å². The number of non-ortho nitro benzene ring substituents is 1. The van der Waals surface area contributed by atoms with Crippen molar-refractivity contribution in [2.24, 2.45) is 0 Å². The first kappa shape index (κ1) is 19.3. The second-order valence-electron chi connectivity index (χ2n) is 5.85. The monoisotopic (exact) mass is 392 g/mol. The van der Waals surface area contributed by atoms with Gasteiger partial charge in [0.1, 0.15) is 11.5 Å². The van der Waals surface area contributed by atoms with Gasteiger partial charge in [-0.25, -0.2) is 0 Å². The summed E-state index contributed by atoms with van der Waals surface area (Å²) in [5, 5.41) is 20.5. The number of rotatable bonds is 8. The van der Waals surface area contributed by atoms with Crippen LogP contribution in [0.2, 0.25) is 0 Å². The van der Waals surface area contributed by atoms with Crippen molar-refractivity contribution in [3.05, 3.63) is 101 Å². The number of nitro benzene ring substituents is 1. The van der Waals surface area contributed by atoms with Gasteiger partial charge in [0.2, 0.25) is 0 Å². The minimum atomic E-state index is -1.46. The first-order chi connectivity index (χ1) is 13.7. The minimum absolute atomic E-state index is 0.0104. The van der Waals surface area contributed by atoms with Crippen LogP contribution < -0.4 is 9.05 Å². The number of para-hydroxylation sites is 2. The molecule has 0 aliphatic rings. The Balaban J connectivity index is 1.79. The lowest BCUT2D eigenvalue weighted by Gasteiger charge is -2.21. The number of hydrogen-bond donors (Lipinski definition) is 0. The second kappa shape index (κ2) is 9.50. The normalized spacial score (nSPS) is 11.4. The third kappa shape index (κ3) is 5.29. The van der Waals surface area contributed by atoms with Crippen molar-refractivity contribution in [3.63, 3.8) is 0 Å². The Bertz CT molecular complexity index is 902. The maximum atomic E-state index is 10.8. The predicted molar refractivity (Wildman–Crippen MR) is 107 cm³/mol. The molecule has 0 radical (unpaired) electrons. The average Bonchev–Trinajstić information content (AvgIpc) is 2.73. The molecule has 6 nitrogen and oxygen atoms in total. The van der Waals surface area contributed by atoms with E-state index in [1.165, 1.54) is 12.1 Å². The maximum Gasteiger partial charge on any atom is 0.292 e. The van der Waals surface area contributed by atoms with Gasteiger partial charge in [0.15, 0.2) is 0 Å². The topological polar surface area (TPSA) is 85.4 Å². The highest BCUT2D eigenvalue weighted by Crippen LogP contribution is 2.43. The maximum absolute atomic E-state index is 10.8. The SMILES string of the molecule is N#CC(CP(Oc1ccccc1)Oc1ccccc1)c1ccc([N+](=O)[O-])cc1. The molecule has 0 aliphatic carbocycles. The molecule has 0 fully saturated rings. The van der Waals surface area contributed by atoms with E-state index in [-0.39, 0.29) is 5.69 Å². The first-order valence-electron chi connectivity index (χ1n) is 8.53. The zero-order chi connectivity index (χ0) is 19.8. The van der Waals surface area contributed by atoms with Crippen molar-refractivity contribution in [3.8, 4) is 17.6 Å². The lowest BCUT2D eigenvalue weighted by Crippen LogP contribution is -2.08. The Labute approximate surface area is 164 Å². The third-order valence-corrected chi connectivity index (χ3v) is 5.39. The van der Waals surface area contributed by atoms with Gasteiger partial charge >= 0.3 is 0 Å². The van der Waals surface area contributed by atoms with E-state index >= 15 is 0 Å². The Morgan fingerprint density at radius 1 is 0.893 bits per heavy atom. The van der Waals surface area contributed by atoms with Crippen LogP contribution in [0, 0.1) is 21.4 Å². The molecule has 3 rings (SSSR count). The zero-order valence-electron chi connectivity index (χ0n) is 14.8. The summed E-state index contributed by atoms with van der Waals surface area (Å²) >= 11 is 0. The Morgan fingerprint density at radius 3 is 1.82 bits per heavy atom. The minimum Gasteiger partial charge on any atom is -0.439 e. The molecule has 0 spiro atoms. The fraction of sp³-hybridized carbons (Fsp3) is 0.0952. The highest BCUT2D eigenvalue weighted by atomic mass is 31.2. The van der Waals surface area contributed by atoms with Crippen LogP contribution in [0.25, 0.3) is 0 Å².